The summed E-state index contributed by atoms with van der Waals surface area (Å²) in [5, 5.41) is 3.45. The van der Waals surface area contributed by atoms with Crippen molar-refractivity contribution in [3.63, 3.8) is 0 Å². The zero-order chi connectivity index (χ0) is 17.1. The number of carbonyl (C=O) groups excluding carboxylic acids is 1. The Bertz CT molecular complexity index is 872. The van der Waals surface area contributed by atoms with Gasteiger partial charge in [-0.15, -0.1) is 0 Å². The van der Waals surface area contributed by atoms with Gasteiger partial charge in [0, 0.05) is 6.54 Å². The number of rotatable bonds is 5. The molecular formula is C19H20ClN3O. The van der Waals surface area contributed by atoms with Crippen LogP contribution >= 0.6 is 11.6 Å². The number of halogens is 1. The van der Waals surface area contributed by atoms with Crippen LogP contribution in [0.15, 0.2) is 48.5 Å². The summed E-state index contributed by atoms with van der Waals surface area (Å²) < 4.78 is 2.17. The summed E-state index contributed by atoms with van der Waals surface area (Å²) in [7, 11) is 0. The first-order chi connectivity index (χ1) is 11.6. The molecule has 0 radical (unpaired) electrons. The average molecular weight is 342 g/mol. The molecule has 1 heterocycles. The monoisotopic (exact) mass is 341 g/mol. The van der Waals surface area contributed by atoms with Crippen LogP contribution in [-0.2, 0) is 6.54 Å². The zero-order valence-corrected chi connectivity index (χ0v) is 14.5. The molecule has 0 aliphatic carbocycles. The van der Waals surface area contributed by atoms with E-state index in [2.05, 4.69) is 22.9 Å². The number of para-hydroxylation sites is 2. The first-order valence-electron chi connectivity index (χ1n) is 8.12. The second-order valence-electron chi connectivity index (χ2n) is 5.79. The van der Waals surface area contributed by atoms with E-state index in [4.69, 9.17) is 16.6 Å². The highest BCUT2D eigenvalue weighted by Crippen LogP contribution is 2.22. The van der Waals surface area contributed by atoms with Gasteiger partial charge in [0.05, 0.1) is 27.7 Å². The van der Waals surface area contributed by atoms with Crippen molar-refractivity contribution in [2.24, 2.45) is 0 Å². The Hall–Kier alpha value is -2.33. The second kappa shape index (κ2) is 7.05. The van der Waals surface area contributed by atoms with Crippen LogP contribution in [0.2, 0.25) is 5.02 Å². The molecule has 0 saturated carbocycles. The van der Waals surface area contributed by atoms with Gasteiger partial charge in [-0.05, 0) is 37.6 Å². The van der Waals surface area contributed by atoms with Gasteiger partial charge in [0.1, 0.15) is 5.82 Å². The molecule has 124 valence electrons. The molecule has 0 aliphatic heterocycles. The summed E-state index contributed by atoms with van der Waals surface area (Å²) in [4.78, 5) is 17.2. The van der Waals surface area contributed by atoms with Crippen molar-refractivity contribution in [1.29, 1.82) is 0 Å². The van der Waals surface area contributed by atoms with Crippen LogP contribution < -0.4 is 5.32 Å². The molecule has 0 aliphatic rings. The summed E-state index contributed by atoms with van der Waals surface area (Å²) in [6.45, 7) is 4.94. The molecule has 0 bridgehead atoms. The Morgan fingerprint density at radius 2 is 1.92 bits per heavy atom. The van der Waals surface area contributed by atoms with Crippen molar-refractivity contribution < 1.29 is 4.79 Å². The van der Waals surface area contributed by atoms with Crippen molar-refractivity contribution in [3.05, 3.63) is 64.9 Å². The third-order valence-electron chi connectivity index (χ3n) is 3.98. The van der Waals surface area contributed by atoms with Crippen molar-refractivity contribution in [3.8, 4) is 0 Å². The molecule has 1 N–H and O–H groups in total. The Balaban J connectivity index is 1.91. The molecule has 1 amide bonds. The molecule has 4 nitrogen and oxygen atoms in total. The van der Waals surface area contributed by atoms with Crippen LogP contribution in [0.4, 0.5) is 0 Å². The van der Waals surface area contributed by atoms with Crippen LogP contribution in [0.5, 0.6) is 0 Å². The van der Waals surface area contributed by atoms with E-state index >= 15 is 0 Å². The van der Waals surface area contributed by atoms with Gasteiger partial charge in [-0.1, -0.05) is 42.8 Å². The van der Waals surface area contributed by atoms with Crippen molar-refractivity contribution in [2.45, 2.75) is 32.9 Å². The van der Waals surface area contributed by atoms with Crippen LogP contribution in [0.25, 0.3) is 11.0 Å². The topological polar surface area (TPSA) is 46.9 Å². The Morgan fingerprint density at radius 3 is 2.67 bits per heavy atom. The van der Waals surface area contributed by atoms with Crippen molar-refractivity contribution >= 4 is 28.5 Å². The molecule has 2 aromatic carbocycles. The number of nitrogens with one attached hydrogen (secondary N) is 1. The van der Waals surface area contributed by atoms with Crippen molar-refractivity contribution in [2.75, 3.05) is 0 Å². The SMILES string of the molecule is CCCn1c(C(C)NC(=O)c2ccccc2Cl)nc2ccccc21. The van der Waals surface area contributed by atoms with Crippen LogP contribution in [0.3, 0.4) is 0 Å². The number of hydrogen-bond donors (Lipinski definition) is 1. The fraction of sp³-hybridized carbons (Fsp3) is 0.263. The maximum absolute atomic E-state index is 12.5. The highest BCUT2D eigenvalue weighted by Gasteiger charge is 2.19. The summed E-state index contributed by atoms with van der Waals surface area (Å²) in [6, 6.07) is 14.9. The predicted octanol–water partition coefficient (Wildman–Crippen LogP) is 4.59. The standard InChI is InChI=1S/C19H20ClN3O/c1-3-12-23-17-11-7-6-10-16(17)22-18(23)13(2)21-19(24)14-8-4-5-9-15(14)20/h4-11,13H,3,12H2,1-2H3,(H,21,24). The van der Waals surface area contributed by atoms with E-state index in [9.17, 15) is 4.79 Å². The highest BCUT2D eigenvalue weighted by atomic mass is 35.5. The van der Waals surface area contributed by atoms with E-state index in [1.54, 1.807) is 18.2 Å². The van der Waals surface area contributed by atoms with Gasteiger partial charge in [0.2, 0.25) is 0 Å². The third-order valence-corrected chi connectivity index (χ3v) is 4.31. The number of aromatic nitrogens is 2. The van der Waals surface area contributed by atoms with E-state index < -0.39 is 0 Å². The highest BCUT2D eigenvalue weighted by molar-refractivity contribution is 6.33. The number of fused-ring (bicyclic) bond motifs is 1. The summed E-state index contributed by atoms with van der Waals surface area (Å²) in [6.07, 6.45) is 0.999. The Kier molecular flexibility index (Phi) is 4.86. The lowest BCUT2D eigenvalue weighted by Crippen LogP contribution is -2.29. The lowest BCUT2D eigenvalue weighted by Gasteiger charge is -2.16. The van der Waals surface area contributed by atoms with E-state index in [-0.39, 0.29) is 11.9 Å². The van der Waals surface area contributed by atoms with E-state index in [0.717, 1.165) is 29.8 Å². The number of aryl methyl sites for hydroxylation is 1. The predicted molar refractivity (Wildman–Crippen MR) is 97.4 cm³/mol. The number of amides is 1. The summed E-state index contributed by atoms with van der Waals surface area (Å²) >= 11 is 6.11. The first kappa shape index (κ1) is 16.5. The van der Waals surface area contributed by atoms with Gasteiger partial charge in [-0.25, -0.2) is 4.98 Å². The minimum Gasteiger partial charge on any atom is -0.342 e. The van der Waals surface area contributed by atoms with E-state index in [1.807, 2.05) is 31.2 Å². The number of carbonyl (C=O) groups is 1. The molecule has 3 rings (SSSR count). The number of imidazole rings is 1. The molecule has 0 saturated heterocycles. The summed E-state index contributed by atoms with van der Waals surface area (Å²) in [5.41, 5.74) is 2.51. The maximum Gasteiger partial charge on any atom is 0.253 e. The fourth-order valence-electron chi connectivity index (χ4n) is 2.87. The number of hydrogen-bond acceptors (Lipinski definition) is 2. The molecule has 5 heteroatoms. The first-order valence-corrected chi connectivity index (χ1v) is 8.50. The molecule has 0 spiro atoms. The lowest BCUT2D eigenvalue weighted by atomic mass is 10.2. The number of nitrogens with zero attached hydrogens (tertiary/aromatic N) is 2. The summed E-state index contributed by atoms with van der Waals surface area (Å²) in [5.74, 6) is 0.668. The molecule has 0 fully saturated rings. The van der Waals surface area contributed by atoms with Crippen molar-refractivity contribution in [1.82, 2.24) is 14.9 Å². The Morgan fingerprint density at radius 1 is 1.21 bits per heavy atom. The molecule has 3 aromatic rings. The molecule has 1 aromatic heterocycles. The minimum absolute atomic E-state index is 0.191. The van der Waals surface area contributed by atoms with Gasteiger partial charge in [0.15, 0.2) is 0 Å². The number of benzene rings is 2. The average Bonchev–Trinajstić information content (AvgIpc) is 2.94. The van der Waals surface area contributed by atoms with Crippen LogP contribution in [-0.4, -0.2) is 15.5 Å². The quantitative estimate of drug-likeness (QED) is 0.737. The van der Waals surface area contributed by atoms with Gasteiger partial charge < -0.3 is 9.88 Å². The van der Waals surface area contributed by atoms with Gasteiger partial charge in [-0.2, -0.15) is 0 Å². The van der Waals surface area contributed by atoms with Gasteiger partial charge in [0.25, 0.3) is 5.91 Å². The van der Waals surface area contributed by atoms with E-state index in [0.29, 0.717) is 10.6 Å². The van der Waals surface area contributed by atoms with Gasteiger partial charge >= 0.3 is 0 Å². The van der Waals surface area contributed by atoms with E-state index in [1.165, 1.54) is 0 Å². The fourth-order valence-corrected chi connectivity index (χ4v) is 3.09. The minimum atomic E-state index is -0.215. The third kappa shape index (κ3) is 3.15. The largest absolute Gasteiger partial charge is 0.342 e. The smallest absolute Gasteiger partial charge is 0.253 e. The van der Waals surface area contributed by atoms with Gasteiger partial charge in [-0.3, -0.25) is 4.79 Å². The lowest BCUT2D eigenvalue weighted by molar-refractivity contribution is 0.0938. The normalized spacial score (nSPS) is 12.3. The molecule has 24 heavy (non-hydrogen) atoms. The molecule has 1 atom stereocenters. The van der Waals surface area contributed by atoms with Crippen LogP contribution in [0.1, 0.15) is 42.5 Å². The molecular weight excluding hydrogens is 322 g/mol. The second-order valence-corrected chi connectivity index (χ2v) is 6.19. The molecule has 1 unspecified atom stereocenters. The Labute approximate surface area is 146 Å². The zero-order valence-electron chi connectivity index (χ0n) is 13.8. The maximum atomic E-state index is 12.5. The van der Waals surface area contributed by atoms with Crippen LogP contribution in [0, 0.1) is 0 Å².